The number of hydrogen-bond donors (Lipinski definition) is 0. The maximum absolute atomic E-state index is 12.8. The van der Waals surface area contributed by atoms with Crippen LogP contribution in [0.5, 0.6) is 0 Å². The van der Waals surface area contributed by atoms with Crippen molar-refractivity contribution < 1.29 is 14.3 Å². The smallest absolute Gasteiger partial charge is 0.317 e. The second-order valence-corrected chi connectivity index (χ2v) is 8.73. The van der Waals surface area contributed by atoms with Crippen molar-refractivity contribution in [2.75, 3.05) is 18.1 Å². The van der Waals surface area contributed by atoms with Crippen LogP contribution in [0.1, 0.15) is 31.7 Å². The van der Waals surface area contributed by atoms with Crippen molar-refractivity contribution in [3.05, 3.63) is 60.2 Å². The Morgan fingerprint density at radius 1 is 1.11 bits per heavy atom. The fraction of sp³-hybridized carbons (Fsp3) is 0.364. The van der Waals surface area contributed by atoms with Crippen molar-refractivity contribution >= 4 is 29.3 Å². The molecule has 4 nitrogen and oxygen atoms in total. The van der Waals surface area contributed by atoms with Gasteiger partial charge < -0.3 is 9.64 Å². The predicted molar refractivity (Wildman–Crippen MR) is 107 cm³/mol. The maximum atomic E-state index is 12.8. The zero-order valence-corrected chi connectivity index (χ0v) is 16.2. The number of amides is 1. The van der Waals surface area contributed by atoms with Crippen LogP contribution in [0, 0.1) is 0 Å². The molecule has 1 aliphatic heterocycles. The fourth-order valence-electron chi connectivity index (χ4n) is 3.58. The molecule has 27 heavy (non-hydrogen) atoms. The lowest BCUT2D eigenvalue weighted by atomic mass is 9.96. The third-order valence-electron chi connectivity index (χ3n) is 5.34. The van der Waals surface area contributed by atoms with E-state index in [0.29, 0.717) is 11.8 Å². The Hall–Kier alpha value is -2.27. The summed E-state index contributed by atoms with van der Waals surface area (Å²) in [5.74, 6) is -0.442. The summed E-state index contributed by atoms with van der Waals surface area (Å²) < 4.78 is 5.48. The molecule has 0 radical (unpaired) electrons. The standard InChI is InChI=1S/C22H23NO3S/c1-16-11-14-23(18-9-5-6-10-19(18)27-16)20(24)15-26-21(25)22(12-13-22)17-7-3-2-4-8-17/h2-10,16H,11-15H2,1H3/t16-/m0/s1. The van der Waals surface area contributed by atoms with Gasteiger partial charge in [-0.2, -0.15) is 0 Å². The Morgan fingerprint density at radius 3 is 2.56 bits per heavy atom. The Balaban J connectivity index is 1.45. The average molecular weight is 381 g/mol. The number of anilines is 1. The fourth-order valence-corrected chi connectivity index (χ4v) is 4.69. The van der Waals surface area contributed by atoms with Crippen molar-refractivity contribution in [2.45, 2.75) is 41.7 Å². The molecular weight excluding hydrogens is 358 g/mol. The lowest BCUT2D eigenvalue weighted by Gasteiger charge is -2.23. The first-order chi connectivity index (χ1) is 13.1. The van der Waals surface area contributed by atoms with Gasteiger partial charge in [-0.05, 0) is 37.0 Å². The van der Waals surface area contributed by atoms with E-state index in [-0.39, 0.29) is 18.5 Å². The van der Waals surface area contributed by atoms with E-state index >= 15 is 0 Å². The summed E-state index contributed by atoms with van der Waals surface area (Å²) in [6, 6.07) is 17.7. The number of ether oxygens (including phenoxy) is 1. The van der Waals surface area contributed by atoms with Gasteiger partial charge >= 0.3 is 5.97 Å². The van der Waals surface area contributed by atoms with Crippen molar-refractivity contribution in [1.82, 2.24) is 0 Å². The molecule has 2 aromatic rings. The highest BCUT2D eigenvalue weighted by Gasteiger charge is 2.52. The van der Waals surface area contributed by atoms with Crippen LogP contribution >= 0.6 is 11.8 Å². The van der Waals surface area contributed by atoms with Crippen LogP contribution in [-0.4, -0.2) is 30.3 Å². The van der Waals surface area contributed by atoms with E-state index in [1.165, 1.54) is 0 Å². The van der Waals surface area contributed by atoms with Gasteiger partial charge in [-0.3, -0.25) is 9.59 Å². The number of carbonyl (C=O) groups excluding carboxylic acids is 2. The van der Waals surface area contributed by atoms with Crippen LogP contribution in [0.3, 0.4) is 0 Å². The number of benzene rings is 2. The van der Waals surface area contributed by atoms with Crippen LogP contribution in [0.4, 0.5) is 5.69 Å². The summed E-state index contributed by atoms with van der Waals surface area (Å²) in [5.41, 5.74) is 1.34. The topological polar surface area (TPSA) is 46.6 Å². The molecule has 1 fully saturated rings. The van der Waals surface area contributed by atoms with E-state index in [9.17, 15) is 9.59 Å². The third-order valence-corrected chi connectivity index (χ3v) is 6.58. The normalized spacial score (nSPS) is 20.3. The number of para-hydroxylation sites is 1. The van der Waals surface area contributed by atoms with Gasteiger partial charge in [0.1, 0.15) is 0 Å². The lowest BCUT2D eigenvalue weighted by Crippen LogP contribution is -2.37. The van der Waals surface area contributed by atoms with E-state index < -0.39 is 5.41 Å². The van der Waals surface area contributed by atoms with Gasteiger partial charge in [0.05, 0.1) is 11.1 Å². The van der Waals surface area contributed by atoms with Crippen molar-refractivity contribution in [2.24, 2.45) is 0 Å². The largest absolute Gasteiger partial charge is 0.455 e. The quantitative estimate of drug-likeness (QED) is 0.746. The molecular formula is C22H23NO3S. The van der Waals surface area contributed by atoms with Crippen LogP contribution in [0.25, 0.3) is 0 Å². The van der Waals surface area contributed by atoms with Crippen molar-refractivity contribution in [3.63, 3.8) is 0 Å². The van der Waals surface area contributed by atoms with E-state index in [4.69, 9.17) is 4.74 Å². The Bertz CT molecular complexity index is 848. The Kier molecular flexibility index (Phi) is 4.96. The SMILES string of the molecule is C[C@H]1CCN(C(=O)COC(=O)C2(c3ccccc3)CC2)c2ccccc2S1. The summed E-state index contributed by atoms with van der Waals surface area (Å²) >= 11 is 1.79. The Morgan fingerprint density at radius 2 is 1.81 bits per heavy atom. The van der Waals surface area contributed by atoms with Crippen LogP contribution < -0.4 is 4.90 Å². The highest BCUT2D eigenvalue weighted by Crippen LogP contribution is 2.49. The van der Waals surface area contributed by atoms with Crippen molar-refractivity contribution in [1.29, 1.82) is 0 Å². The minimum Gasteiger partial charge on any atom is -0.455 e. The van der Waals surface area contributed by atoms with E-state index in [1.807, 2.05) is 54.6 Å². The molecule has 0 unspecified atom stereocenters. The molecule has 1 atom stereocenters. The first-order valence-electron chi connectivity index (χ1n) is 9.39. The number of esters is 1. The summed E-state index contributed by atoms with van der Waals surface area (Å²) in [6.07, 6.45) is 2.47. The van der Waals surface area contributed by atoms with Gasteiger partial charge in [0.25, 0.3) is 5.91 Å². The number of rotatable bonds is 4. The number of hydrogen-bond acceptors (Lipinski definition) is 4. The summed E-state index contributed by atoms with van der Waals surface area (Å²) in [4.78, 5) is 28.4. The molecule has 0 N–H and O–H groups in total. The molecule has 0 bridgehead atoms. The molecule has 1 saturated carbocycles. The van der Waals surface area contributed by atoms with Crippen molar-refractivity contribution in [3.8, 4) is 0 Å². The number of fused-ring (bicyclic) bond motifs is 1. The van der Waals surface area contributed by atoms with Crippen LogP contribution in [0.2, 0.25) is 0 Å². The van der Waals surface area contributed by atoms with E-state index in [1.54, 1.807) is 16.7 Å². The molecule has 1 amide bonds. The zero-order chi connectivity index (χ0) is 18.9. The molecule has 140 valence electrons. The molecule has 0 spiro atoms. The van der Waals surface area contributed by atoms with Gasteiger partial charge in [-0.15, -0.1) is 11.8 Å². The zero-order valence-electron chi connectivity index (χ0n) is 15.4. The van der Waals surface area contributed by atoms with Crippen LogP contribution in [-0.2, 0) is 19.7 Å². The summed E-state index contributed by atoms with van der Waals surface area (Å²) in [7, 11) is 0. The average Bonchev–Trinajstić information content (AvgIpc) is 3.51. The molecule has 0 aromatic heterocycles. The van der Waals surface area contributed by atoms with Gasteiger partial charge in [0.15, 0.2) is 6.61 Å². The number of nitrogens with zero attached hydrogens (tertiary/aromatic N) is 1. The number of carbonyl (C=O) groups is 2. The first kappa shape index (κ1) is 18.1. The minimum absolute atomic E-state index is 0.158. The molecule has 4 rings (SSSR count). The van der Waals surface area contributed by atoms with Gasteiger partial charge in [0.2, 0.25) is 0 Å². The molecule has 5 heteroatoms. The summed E-state index contributed by atoms with van der Waals surface area (Å²) in [5, 5.41) is 0.444. The molecule has 1 aliphatic carbocycles. The van der Waals surface area contributed by atoms with Gasteiger partial charge in [0, 0.05) is 16.7 Å². The van der Waals surface area contributed by atoms with Gasteiger partial charge in [-0.25, -0.2) is 0 Å². The minimum atomic E-state index is -0.553. The second-order valence-electron chi connectivity index (χ2n) is 7.25. The first-order valence-corrected chi connectivity index (χ1v) is 10.3. The maximum Gasteiger partial charge on any atom is 0.317 e. The van der Waals surface area contributed by atoms with E-state index in [0.717, 1.165) is 35.4 Å². The monoisotopic (exact) mass is 381 g/mol. The summed E-state index contributed by atoms with van der Waals surface area (Å²) in [6.45, 7) is 2.61. The Labute approximate surface area is 163 Å². The lowest BCUT2D eigenvalue weighted by molar-refractivity contribution is -0.150. The third kappa shape index (κ3) is 3.61. The van der Waals surface area contributed by atoms with Gasteiger partial charge in [-0.1, -0.05) is 49.4 Å². The predicted octanol–water partition coefficient (Wildman–Crippen LogP) is 4.18. The molecule has 2 aliphatic rings. The number of thioether (sulfide) groups is 1. The second kappa shape index (κ2) is 7.39. The molecule has 2 aromatic carbocycles. The van der Waals surface area contributed by atoms with E-state index in [2.05, 4.69) is 6.92 Å². The molecule has 0 saturated heterocycles. The highest BCUT2D eigenvalue weighted by atomic mass is 32.2. The molecule has 1 heterocycles. The van der Waals surface area contributed by atoms with Crippen LogP contribution in [0.15, 0.2) is 59.5 Å². The highest BCUT2D eigenvalue weighted by molar-refractivity contribution is 8.00.